The molecular formula is C11H17NOS. The van der Waals surface area contributed by atoms with Gasteiger partial charge < -0.3 is 10.5 Å². The van der Waals surface area contributed by atoms with Gasteiger partial charge in [-0.15, -0.1) is 11.3 Å². The molecule has 2 nitrogen and oxygen atoms in total. The van der Waals surface area contributed by atoms with Crippen molar-refractivity contribution in [3.05, 3.63) is 21.4 Å². The minimum absolute atomic E-state index is 0.705. The number of methoxy groups -OCH3 is 1. The third-order valence-corrected chi connectivity index (χ3v) is 4.08. The zero-order valence-electron chi connectivity index (χ0n) is 8.58. The van der Waals surface area contributed by atoms with Gasteiger partial charge >= 0.3 is 0 Å². The molecule has 0 aliphatic heterocycles. The Balaban J connectivity index is 2.16. The summed E-state index contributed by atoms with van der Waals surface area (Å²) in [5.74, 6) is 0.705. The second-order valence-electron chi connectivity index (χ2n) is 3.94. The van der Waals surface area contributed by atoms with Crippen molar-refractivity contribution in [2.45, 2.75) is 25.9 Å². The van der Waals surface area contributed by atoms with Gasteiger partial charge in [0.25, 0.3) is 0 Å². The Hall–Kier alpha value is -0.380. The predicted octanol–water partition coefficient (Wildman–Crippen LogP) is 1.96. The lowest BCUT2D eigenvalue weighted by atomic mass is 9.87. The summed E-state index contributed by atoms with van der Waals surface area (Å²) in [6.45, 7) is 1.59. The maximum Gasteiger partial charge on any atom is 0.0723 e. The predicted molar refractivity (Wildman–Crippen MR) is 59.6 cm³/mol. The van der Waals surface area contributed by atoms with E-state index in [2.05, 4.69) is 5.38 Å². The number of rotatable bonds is 3. The van der Waals surface area contributed by atoms with Crippen LogP contribution >= 0.6 is 11.3 Å². The number of fused-ring (bicyclic) bond motifs is 1. The van der Waals surface area contributed by atoms with E-state index in [0.717, 1.165) is 13.2 Å². The van der Waals surface area contributed by atoms with E-state index >= 15 is 0 Å². The average molecular weight is 211 g/mol. The summed E-state index contributed by atoms with van der Waals surface area (Å²) in [6, 6.07) is 0. The number of hydrogen-bond acceptors (Lipinski definition) is 3. The first kappa shape index (κ1) is 10.1. The Labute approximate surface area is 89.1 Å². The maximum atomic E-state index is 5.71. The second kappa shape index (κ2) is 4.43. The van der Waals surface area contributed by atoms with Crippen LogP contribution in [0.25, 0.3) is 0 Å². The van der Waals surface area contributed by atoms with Gasteiger partial charge in [-0.3, -0.25) is 0 Å². The fourth-order valence-electron chi connectivity index (χ4n) is 2.13. The van der Waals surface area contributed by atoms with E-state index in [0.29, 0.717) is 5.92 Å². The maximum absolute atomic E-state index is 5.71. The Morgan fingerprint density at radius 1 is 1.64 bits per heavy atom. The van der Waals surface area contributed by atoms with Crippen LogP contribution in [0.4, 0.5) is 0 Å². The Bertz CT molecular complexity index is 308. The van der Waals surface area contributed by atoms with Crippen LogP contribution in [0, 0.1) is 5.92 Å². The molecule has 1 aromatic heterocycles. The molecule has 0 fully saturated rings. The molecule has 0 saturated carbocycles. The normalized spacial score (nSPS) is 20.9. The van der Waals surface area contributed by atoms with Crippen LogP contribution in [-0.4, -0.2) is 13.7 Å². The third kappa shape index (κ3) is 1.85. The summed E-state index contributed by atoms with van der Waals surface area (Å²) in [5.41, 5.74) is 8.64. The summed E-state index contributed by atoms with van der Waals surface area (Å²) in [6.07, 6.45) is 3.62. The first-order valence-corrected chi connectivity index (χ1v) is 6.00. The molecule has 1 heterocycles. The van der Waals surface area contributed by atoms with Gasteiger partial charge in [-0.2, -0.15) is 0 Å². The second-order valence-corrected chi connectivity index (χ2v) is 4.90. The average Bonchev–Trinajstić information content (AvgIpc) is 2.61. The molecule has 1 aromatic rings. The van der Waals surface area contributed by atoms with Gasteiger partial charge in [0, 0.05) is 12.0 Å². The summed E-state index contributed by atoms with van der Waals surface area (Å²) in [7, 11) is 1.76. The van der Waals surface area contributed by atoms with Gasteiger partial charge in [0.15, 0.2) is 0 Å². The molecule has 2 rings (SSSR count). The molecule has 1 aliphatic carbocycles. The molecule has 0 bridgehead atoms. The van der Waals surface area contributed by atoms with Crippen molar-refractivity contribution in [1.29, 1.82) is 0 Å². The van der Waals surface area contributed by atoms with Crippen LogP contribution in [0.2, 0.25) is 0 Å². The van der Waals surface area contributed by atoms with E-state index in [9.17, 15) is 0 Å². The monoisotopic (exact) mass is 211 g/mol. The lowest BCUT2D eigenvalue weighted by molar-refractivity contribution is 0.184. The lowest BCUT2D eigenvalue weighted by Gasteiger charge is -2.21. The van der Waals surface area contributed by atoms with E-state index in [1.165, 1.54) is 24.8 Å². The highest BCUT2D eigenvalue weighted by molar-refractivity contribution is 7.10. The van der Waals surface area contributed by atoms with Crippen molar-refractivity contribution >= 4 is 11.3 Å². The van der Waals surface area contributed by atoms with Crippen molar-refractivity contribution in [1.82, 2.24) is 0 Å². The number of nitrogens with two attached hydrogens (primary N) is 1. The molecule has 1 atom stereocenters. The SMILES string of the molecule is COCc1csc2c1CCC(CN)C2. The zero-order valence-corrected chi connectivity index (χ0v) is 9.40. The fraction of sp³-hybridized carbons (Fsp3) is 0.636. The molecule has 78 valence electrons. The highest BCUT2D eigenvalue weighted by Crippen LogP contribution is 2.32. The third-order valence-electron chi connectivity index (χ3n) is 2.98. The molecule has 1 aliphatic rings. The molecule has 0 amide bonds. The van der Waals surface area contributed by atoms with Gasteiger partial charge in [0.1, 0.15) is 0 Å². The minimum atomic E-state index is 0.705. The van der Waals surface area contributed by atoms with Crippen molar-refractivity contribution < 1.29 is 4.74 Å². The summed E-state index contributed by atoms with van der Waals surface area (Å²) < 4.78 is 5.19. The Morgan fingerprint density at radius 3 is 3.21 bits per heavy atom. The molecule has 2 N–H and O–H groups in total. The quantitative estimate of drug-likeness (QED) is 0.829. The van der Waals surface area contributed by atoms with Crippen molar-refractivity contribution in [3.63, 3.8) is 0 Å². The highest BCUT2D eigenvalue weighted by Gasteiger charge is 2.21. The largest absolute Gasteiger partial charge is 0.380 e. The van der Waals surface area contributed by atoms with Gasteiger partial charge in [0.05, 0.1) is 6.61 Å². The number of thiophene rings is 1. The van der Waals surface area contributed by atoms with Gasteiger partial charge in [0.2, 0.25) is 0 Å². The number of hydrogen-bond donors (Lipinski definition) is 1. The summed E-state index contributed by atoms with van der Waals surface area (Å²) in [5, 5.41) is 2.24. The molecular weight excluding hydrogens is 194 g/mol. The highest BCUT2D eigenvalue weighted by atomic mass is 32.1. The Kier molecular flexibility index (Phi) is 3.21. The first-order chi connectivity index (χ1) is 6.85. The van der Waals surface area contributed by atoms with E-state index in [1.54, 1.807) is 17.6 Å². The molecule has 0 spiro atoms. The van der Waals surface area contributed by atoms with E-state index < -0.39 is 0 Å². The van der Waals surface area contributed by atoms with Crippen LogP contribution < -0.4 is 5.73 Å². The van der Waals surface area contributed by atoms with Gasteiger partial charge in [-0.1, -0.05) is 0 Å². The minimum Gasteiger partial charge on any atom is -0.380 e. The topological polar surface area (TPSA) is 35.2 Å². The number of ether oxygens (including phenoxy) is 1. The van der Waals surface area contributed by atoms with Crippen LogP contribution in [0.15, 0.2) is 5.38 Å². The standard InChI is InChI=1S/C11H17NOS/c1-13-6-9-7-14-11-4-8(5-12)2-3-10(9)11/h7-8H,2-6,12H2,1H3. The van der Waals surface area contributed by atoms with E-state index in [4.69, 9.17) is 10.5 Å². The lowest BCUT2D eigenvalue weighted by Crippen LogP contribution is -2.21. The first-order valence-electron chi connectivity index (χ1n) is 5.12. The van der Waals surface area contributed by atoms with E-state index in [1.807, 2.05) is 11.3 Å². The van der Waals surface area contributed by atoms with Crippen molar-refractivity contribution in [3.8, 4) is 0 Å². The summed E-state index contributed by atoms with van der Waals surface area (Å²) in [4.78, 5) is 1.54. The van der Waals surface area contributed by atoms with Crippen LogP contribution in [0.1, 0.15) is 22.4 Å². The van der Waals surface area contributed by atoms with Crippen LogP contribution in [-0.2, 0) is 24.2 Å². The van der Waals surface area contributed by atoms with E-state index in [-0.39, 0.29) is 0 Å². The fourth-order valence-corrected chi connectivity index (χ4v) is 3.33. The summed E-state index contributed by atoms with van der Waals surface area (Å²) >= 11 is 1.88. The molecule has 3 heteroatoms. The molecule has 0 saturated heterocycles. The van der Waals surface area contributed by atoms with Gasteiger partial charge in [-0.05, 0) is 48.2 Å². The van der Waals surface area contributed by atoms with Crippen LogP contribution in [0.5, 0.6) is 0 Å². The zero-order chi connectivity index (χ0) is 9.97. The van der Waals surface area contributed by atoms with Gasteiger partial charge in [-0.25, -0.2) is 0 Å². The Morgan fingerprint density at radius 2 is 2.50 bits per heavy atom. The smallest absolute Gasteiger partial charge is 0.0723 e. The van der Waals surface area contributed by atoms with Crippen LogP contribution in [0.3, 0.4) is 0 Å². The van der Waals surface area contributed by atoms with Crippen molar-refractivity contribution in [2.24, 2.45) is 11.7 Å². The molecule has 1 unspecified atom stereocenters. The molecule has 14 heavy (non-hydrogen) atoms. The van der Waals surface area contributed by atoms with Crippen molar-refractivity contribution in [2.75, 3.05) is 13.7 Å². The molecule has 0 aromatic carbocycles. The molecule has 0 radical (unpaired) electrons.